The second-order valence-electron chi connectivity index (χ2n) is 6.44. The van der Waals surface area contributed by atoms with Gasteiger partial charge in [-0.05, 0) is 36.4 Å². The molecule has 0 aliphatic carbocycles. The number of amides is 1. The highest BCUT2D eigenvalue weighted by Crippen LogP contribution is 2.24. The monoisotopic (exact) mass is 375 g/mol. The molecule has 136 valence electrons. The Morgan fingerprint density at radius 2 is 1.78 bits per heavy atom. The van der Waals surface area contributed by atoms with Crippen LogP contribution in [0, 0.1) is 0 Å². The lowest BCUT2D eigenvalue weighted by molar-refractivity contribution is -0.116. The van der Waals surface area contributed by atoms with E-state index in [0.717, 1.165) is 51.2 Å². The highest BCUT2D eigenvalue weighted by atomic mass is 32.2. The van der Waals surface area contributed by atoms with Crippen molar-refractivity contribution in [3.8, 4) is 0 Å². The number of thioether (sulfide) groups is 1. The fraction of sp³-hybridized carbons (Fsp3) is 0.182. The molecule has 27 heavy (non-hydrogen) atoms. The number of anilines is 1. The highest BCUT2D eigenvalue weighted by Gasteiger charge is 2.06. The van der Waals surface area contributed by atoms with Crippen molar-refractivity contribution in [3.63, 3.8) is 0 Å². The van der Waals surface area contributed by atoms with E-state index in [0.29, 0.717) is 6.42 Å². The fourth-order valence-corrected chi connectivity index (χ4v) is 3.99. The second-order valence-corrected chi connectivity index (χ2v) is 7.52. The van der Waals surface area contributed by atoms with Crippen molar-refractivity contribution >= 4 is 45.2 Å². The molecule has 0 aliphatic heterocycles. The summed E-state index contributed by atoms with van der Waals surface area (Å²) in [6, 6.07) is 22.1. The number of benzene rings is 3. The minimum Gasteiger partial charge on any atom is -0.333 e. The van der Waals surface area contributed by atoms with E-state index in [1.807, 2.05) is 54.6 Å². The number of fused-ring (bicyclic) bond motifs is 2. The van der Waals surface area contributed by atoms with Gasteiger partial charge in [-0.2, -0.15) is 0 Å². The van der Waals surface area contributed by atoms with Crippen LogP contribution in [0.15, 0.2) is 71.9 Å². The van der Waals surface area contributed by atoms with E-state index in [4.69, 9.17) is 0 Å². The van der Waals surface area contributed by atoms with Crippen LogP contribution in [-0.2, 0) is 4.79 Å². The van der Waals surface area contributed by atoms with Gasteiger partial charge in [0.2, 0.25) is 5.91 Å². The van der Waals surface area contributed by atoms with Crippen molar-refractivity contribution in [1.82, 2.24) is 9.97 Å². The lowest BCUT2D eigenvalue weighted by Gasteiger charge is -2.08. The SMILES string of the molecule is O=C(CCCCSc1nc2ccccc2[nH]1)Nc1cccc2ccccc12. The number of para-hydroxylation sites is 2. The Labute approximate surface area is 162 Å². The number of carbonyl (C=O) groups excluding carboxylic acids is 1. The van der Waals surface area contributed by atoms with Crippen LogP contribution in [-0.4, -0.2) is 21.6 Å². The molecule has 0 bridgehead atoms. The first-order valence-corrected chi connectivity index (χ1v) is 10.1. The lowest BCUT2D eigenvalue weighted by atomic mass is 10.1. The molecule has 4 rings (SSSR count). The summed E-state index contributed by atoms with van der Waals surface area (Å²) >= 11 is 1.71. The Balaban J connectivity index is 1.23. The Morgan fingerprint density at radius 1 is 0.963 bits per heavy atom. The fourth-order valence-electron chi connectivity index (χ4n) is 3.10. The van der Waals surface area contributed by atoms with Gasteiger partial charge < -0.3 is 10.3 Å². The van der Waals surface area contributed by atoms with Crippen LogP contribution >= 0.6 is 11.8 Å². The molecule has 0 unspecified atom stereocenters. The molecule has 0 saturated carbocycles. The van der Waals surface area contributed by atoms with Crippen molar-refractivity contribution < 1.29 is 4.79 Å². The summed E-state index contributed by atoms with van der Waals surface area (Å²) in [5.74, 6) is 1.02. The number of carbonyl (C=O) groups is 1. The zero-order valence-electron chi connectivity index (χ0n) is 14.9. The van der Waals surface area contributed by atoms with Crippen LogP contribution in [0.3, 0.4) is 0 Å². The van der Waals surface area contributed by atoms with E-state index in [-0.39, 0.29) is 5.91 Å². The summed E-state index contributed by atoms with van der Waals surface area (Å²) in [7, 11) is 0. The maximum Gasteiger partial charge on any atom is 0.224 e. The number of aromatic nitrogens is 2. The molecule has 0 fully saturated rings. The molecule has 3 aromatic carbocycles. The maximum absolute atomic E-state index is 12.3. The largest absolute Gasteiger partial charge is 0.333 e. The Hall–Kier alpha value is -2.79. The summed E-state index contributed by atoms with van der Waals surface area (Å²) in [6.45, 7) is 0. The van der Waals surface area contributed by atoms with Crippen molar-refractivity contribution in [3.05, 3.63) is 66.7 Å². The highest BCUT2D eigenvalue weighted by molar-refractivity contribution is 7.99. The normalized spacial score (nSPS) is 11.1. The first-order chi connectivity index (χ1) is 13.3. The van der Waals surface area contributed by atoms with Crippen molar-refractivity contribution in [2.75, 3.05) is 11.1 Å². The Bertz CT molecular complexity index is 1030. The third-order valence-electron chi connectivity index (χ3n) is 4.47. The Morgan fingerprint density at radius 3 is 2.70 bits per heavy atom. The number of H-pyrrole nitrogens is 1. The molecular formula is C22H21N3OS. The summed E-state index contributed by atoms with van der Waals surface area (Å²) in [4.78, 5) is 20.1. The molecule has 5 heteroatoms. The zero-order chi connectivity index (χ0) is 18.5. The third-order valence-corrected chi connectivity index (χ3v) is 5.43. The van der Waals surface area contributed by atoms with Crippen LogP contribution in [0.4, 0.5) is 5.69 Å². The van der Waals surface area contributed by atoms with Gasteiger partial charge >= 0.3 is 0 Å². The molecular weight excluding hydrogens is 354 g/mol. The molecule has 0 spiro atoms. The average Bonchev–Trinajstić information content (AvgIpc) is 3.11. The molecule has 4 aromatic rings. The minimum absolute atomic E-state index is 0.0695. The van der Waals surface area contributed by atoms with Gasteiger partial charge in [0.15, 0.2) is 5.16 Å². The average molecular weight is 375 g/mol. The van der Waals surface area contributed by atoms with E-state index in [1.165, 1.54) is 0 Å². The smallest absolute Gasteiger partial charge is 0.224 e. The van der Waals surface area contributed by atoms with Gasteiger partial charge in [-0.1, -0.05) is 60.3 Å². The number of hydrogen-bond donors (Lipinski definition) is 2. The number of nitrogens with zero attached hydrogens (tertiary/aromatic N) is 1. The van der Waals surface area contributed by atoms with Gasteiger partial charge in [-0.25, -0.2) is 4.98 Å². The van der Waals surface area contributed by atoms with E-state index < -0.39 is 0 Å². The number of rotatable bonds is 7. The Kier molecular flexibility index (Phi) is 5.39. The third kappa shape index (κ3) is 4.31. The molecule has 1 amide bonds. The van der Waals surface area contributed by atoms with E-state index in [9.17, 15) is 4.79 Å². The van der Waals surface area contributed by atoms with Crippen LogP contribution < -0.4 is 5.32 Å². The van der Waals surface area contributed by atoms with Crippen LogP contribution in [0.2, 0.25) is 0 Å². The second kappa shape index (κ2) is 8.27. The molecule has 0 aliphatic rings. The van der Waals surface area contributed by atoms with Gasteiger partial charge in [0.25, 0.3) is 0 Å². The lowest BCUT2D eigenvalue weighted by Crippen LogP contribution is -2.11. The molecule has 0 saturated heterocycles. The van der Waals surface area contributed by atoms with Crippen LogP contribution in [0.1, 0.15) is 19.3 Å². The minimum atomic E-state index is 0.0695. The standard InChI is InChI=1S/C22H21N3OS/c26-21(23-18-13-7-9-16-8-1-2-10-17(16)18)14-5-6-15-27-22-24-19-11-3-4-12-20(19)25-22/h1-4,7-13H,5-6,14-15H2,(H,23,26)(H,24,25). The molecule has 4 nitrogen and oxygen atoms in total. The molecule has 2 N–H and O–H groups in total. The number of imidazole rings is 1. The van der Waals surface area contributed by atoms with Gasteiger partial charge in [0.1, 0.15) is 0 Å². The predicted octanol–water partition coefficient (Wildman–Crippen LogP) is 5.62. The topological polar surface area (TPSA) is 57.8 Å². The first kappa shape index (κ1) is 17.6. The number of unbranched alkanes of at least 4 members (excludes halogenated alkanes) is 1. The maximum atomic E-state index is 12.3. The number of hydrogen-bond acceptors (Lipinski definition) is 3. The number of aromatic amines is 1. The summed E-state index contributed by atoms with van der Waals surface area (Å²) < 4.78 is 0. The predicted molar refractivity (Wildman–Crippen MR) is 113 cm³/mol. The van der Waals surface area contributed by atoms with Crippen LogP contribution in [0.5, 0.6) is 0 Å². The molecule has 1 aromatic heterocycles. The zero-order valence-corrected chi connectivity index (χ0v) is 15.8. The van der Waals surface area contributed by atoms with Gasteiger partial charge in [0, 0.05) is 23.2 Å². The van der Waals surface area contributed by atoms with Crippen molar-refractivity contribution in [2.24, 2.45) is 0 Å². The quantitative estimate of drug-likeness (QED) is 0.326. The van der Waals surface area contributed by atoms with Crippen LogP contribution in [0.25, 0.3) is 21.8 Å². The van der Waals surface area contributed by atoms with Gasteiger partial charge in [0.05, 0.1) is 11.0 Å². The van der Waals surface area contributed by atoms with E-state index in [2.05, 4.69) is 27.4 Å². The van der Waals surface area contributed by atoms with Gasteiger partial charge in [-0.15, -0.1) is 0 Å². The molecule has 0 radical (unpaired) electrons. The first-order valence-electron chi connectivity index (χ1n) is 9.15. The van der Waals surface area contributed by atoms with E-state index >= 15 is 0 Å². The number of nitrogens with one attached hydrogen (secondary N) is 2. The van der Waals surface area contributed by atoms with Crippen molar-refractivity contribution in [2.45, 2.75) is 24.4 Å². The molecule has 0 atom stereocenters. The summed E-state index contributed by atoms with van der Waals surface area (Å²) in [5, 5.41) is 6.20. The van der Waals surface area contributed by atoms with E-state index in [1.54, 1.807) is 11.8 Å². The van der Waals surface area contributed by atoms with Crippen molar-refractivity contribution in [1.29, 1.82) is 0 Å². The van der Waals surface area contributed by atoms with Gasteiger partial charge in [-0.3, -0.25) is 4.79 Å². The summed E-state index contributed by atoms with van der Waals surface area (Å²) in [5.41, 5.74) is 2.94. The summed E-state index contributed by atoms with van der Waals surface area (Å²) in [6.07, 6.45) is 2.37. The molecule has 1 heterocycles.